The molecule has 5 heteroatoms. The molecule has 1 amide bonds. The Hall–Kier alpha value is -1.91. The molecule has 0 bridgehead atoms. The van der Waals surface area contributed by atoms with Gasteiger partial charge in [-0.25, -0.2) is 0 Å². The monoisotopic (exact) mass is 276 g/mol. The molecular weight excluding hydrogens is 256 g/mol. The van der Waals surface area contributed by atoms with Crippen LogP contribution < -0.4 is 5.32 Å². The number of carbonyl (C=O) groups excluding carboxylic acids is 1. The molecule has 0 aromatic heterocycles. The molecule has 0 aromatic rings. The summed E-state index contributed by atoms with van der Waals surface area (Å²) >= 11 is 0. The Morgan fingerprint density at radius 2 is 2.10 bits per heavy atom. The standard InChI is InChI=1S/C15H20N2O3/c1-9(2)14(4)12(18)16-11(17-14)15(13(19)20)8-6-5-7-10(15)3/h5-10H,1-4H3,(H,19,20)(H,16,17,18). The molecule has 0 saturated heterocycles. The maximum atomic E-state index is 12.2. The number of hydrogen-bond acceptors (Lipinski definition) is 3. The van der Waals surface area contributed by atoms with E-state index >= 15 is 0 Å². The van der Waals surface area contributed by atoms with Crippen LogP contribution in [-0.4, -0.2) is 28.4 Å². The molecule has 20 heavy (non-hydrogen) atoms. The van der Waals surface area contributed by atoms with Crippen molar-refractivity contribution in [3.05, 3.63) is 24.3 Å². The van der Waals surface area contributed by atoms with Crippen LogP contribution in [0.3, 0.4) is 0 Å². The van der Waals surface area contributed by atoms with Crippen molar-refractivity contribution in [2.24, 2.45) is 22.2 Å². The Bertz CT molecular complexity index is 547. The topological polar surface area (TPSA) is 78.8 Å². The van der Waals surface area contributed by atoms with Crippen LogP contribution in [-0.2, 0) is 9.59 Å². The lowest BCUT2D eigenvalue weighted by Gasteiger charge is -2.32. The number of allylic oxidation sites excluding steroid dienone is 3. The van der Waals surface area contributed by atoms with Crippen LogP contribution in [0.25, 0.3) is 0 Å². The number of carboxylic acid groups (broad SMARTS) is 1. The smallest absolute Gasteiger partial charge is 0.321 e. The lowest BCUT2D eigenvalue weighted by Crippen LogP contribution is -2.49. The number of aliphatic carboxylic acids is 1. The predicted molar refractivity (Wildman–Crippen MR) is 76.3 cm³/mol. The van der Waals surface area contributed by atoms with Crippen molar-refractivity contribution in [1.82, 2.24) is 5.32 Å². The van der Waals surface area contributed by atoms with Crippen LogP contribution >= 0.6 is 0 Å². The lowest BCUT2D eigenvalue weighted by atomic mass is 9.72. The Morgan fingerprint density at radius 1 is 1.45 bits per heavy atom. The highest BCUT2D eigenvalue weighted by Crippen LogP contribution is 2.39. The van der Waals surface area contributed by atoms with Gasteiger partial charge in [0.1, 0.15) is 16.8 Å². The van der Waals surface area contributed by atoms with Crippen molar-refractivity contribution in [3.63, 3.8) is 0 Å². The first kappa shape index (κ1) is 14.5. The number of hydrogen-bond donors (Lipinski definition) is 2. The summed E-state index contributed by atoms with van der Waals surface area (Å²) in [5, 5.41) is 12.4. The van der Waals surface area contributed by atoms with Crippen LogP contribution in [0.4, 0.5) is 0 Å². The average Bonchev–Trinajstić information content (AvgIpc) is 2.67. The largest absolute Gasteiger partial charge is 0.480 e. The first-order valence-electron chi connectivity index (χ1n) is 6.76. The number of amides is 1. The van der Waals surface area contributed by atoms with Gasteiger partial charge in [0.15, 0.2) is 0 Å². The van der Waals surface area contributed by atoms with E-state index < -0.39 is 16.9 Å². The van der Waals surface area contributed by atoms with Crippen molar-refractivity contribution in [2.45, 2.75) is 33.2 Å². The first-order valence-corrected chi connectivity index (χ1v) is 6.76. The quantitative estimate of drug-likeness (QED) is 0.824. The third-order valence-electron chi connectivity index (χ3n) is 4.49. The third kappa shape index (κ3) is 1.80. The number of amidine groups is 1. The van der Waals surface area contributed by atoms with E-state index in [9.17, 15) is 14.7 Å². The van der Waals surface area contributed by atoms with E-state index in [4.69, 9.17) is 0 Å². The number of aliphatic imine (C=N–C) groups is 1. The number of nitrogens with one attached hydrogen (secondary N) is 1. The molecule has 0 aromatic carbocycles. The SMILES string of the molecule is CC(C)C1(C)N=C(C2(C(=O)O)C=CC=CC2C)NC1=O. The van der Waals surface area contributed by atoms with Crippen molar-refractivity contribution in [2.75, 3.05) is 0 Å². The fourth-order valence-electron chi connectivity index (χ4n) is 2.54. The molecule has 1 aliphatic heterocycles. The van der Waals surface area contributed by atoms with E-state index in [2.05, 4.69) is 10.3 Å². The van der Waals surface area contributed by atoms with Crippen molar-refractivity contribution < 1.29 is 14.7 Å². The second-order valence-corrected chi connectivity index (χ2v) is 5.92. The summed E-state index contributed by atoms with van der Waals surface area (Å²) in [6, 6.07) is 0. The fraction of sp³-hybridized carbons (Fsp3) is 0.533. The number of nitrogens with zero attached hydrogens (tertiary/aromatic N) is 1. The van der Waals surface area contributed by atoms with E-state index in [-0.39, 0.29) is 23.6 Å². The molecule has 3 atom stereocenters. The molecule has 5 nitrogen and oxygen atoms in total. The van der Waals surface area contributed by atoms with Crippen molar-refractivity contribution >= 4 is 17.7 Å². The van der Waals surface area contributed by atoms with Crippen molar-refractivity contribution in [1.29, 1.82) is 0 Å². The molecule has 3 unspecified atom stereocenters. The van der Waals surface area contributed by atoms with Gasteiger partial charge in [-0.3, -0.25) is 14.6 Å². The molecule has 2 aliphatic rings. The zero-order chi connectivity index (χ0) is 15.1. The Labute approximate surface area is 118 Å². The lowest BCUT2D eigenvalue weighted by molar-refractivity contribution is -0.144. The van der Waals surface area contributed by atoms with Gasteiger partial charge in [0, 0.05) is 5.92 Å². The molecule has 2 rings (SSSR count). The second-order valence-electron chi connectivity index (χ2n) is 5.92. The molecular formula is C15H20N2O3. The van der Waals surface area contributed by atoms with Gasteiger partial charge < -0.3 is 10.4 Å². The van der Waals surface area contributed by atoms with Crippen LogP contribution in [0.2, 0.25) is 0 Å². The van der Waals surface area contributed by atoms with Gasteiger partial charge in [0.25, 0.3) is 5.91 Å². The maximum Gasteiger partial charge on any atom is 0.321 e. The van der Waals surface area contributed by atoms with Gasteiger partial charge in [0.05, 0.1) is 0 Å². The molecule has 1 heterocycles. The predicted octanol–water partition coefficient (Wildman–Crippen LogP) is 1.76. The van der Waals surface area contributed by atoms with E-state index in [1.807, 2.05) is 32.9 Å². The van der Waals surface area contributed by atoms with Crippen molar-refractivity contribution in [3.8, 4) is 0 Å². The molecule has 0 radical (unpaired) electrons. The normalized spacial score (nSPS) is 36.1. The van der Waals surface area contributed by atoms with Gasteiger partial charge >= 0.3 is 5.97 Å². The summed E-state index contributed by atoms with van der Waals surface area (Å²) in [6.07, 6.45) is 6.91. The van der Waals surface area contributed by atoms with E-state index in [0.717, 1.165) is 0 Å². The van der Waals surface area contributed by atoms with Gasteiger partial charge in [-0.05, 0) is 12.8 Å². The summed E-state index contributed by atoms with van der Waals surface area (Å²) in [6.45, 7) is 7.36. The van der Waals surface area contributed by atoms with E-state index in [0.29, 0.717) is 0 Å². The minimum atomic E-state index is -1.29. The summed E-state index contributed by atoms with van der Waals surface area (Å²) in [7, 11) is 0. The molecule has 0 saturated carbocycles. The van der Waals surface area contributed by atoms with Crippen LogP contribution in [0, 0.1) is 17.3 Å². The van der Waals surface area contributed by atoms with Crippen LogP contribution in [0.15, 0.2) is 29.3 Å². The maximum absolute atomic E-state index is 12.2. The summed E-state index contributed by atoms with van der Waals surface area (Å²) in [5.41, 5.74) is -2.20. The highest BCUT2D eigenvalue weighted by atomic mass is 16.4. The van der Waals surface area contributed by atoms with Gasteiger partial charge in [0.2, 0.25) is 0 Å². The molecule has 0 spiro atoms. The molecule has 2 N–H and O–H groups in total. The Kier molecular flexibility index (Phi) is 3.32. The third-order valence-corrected chi connectivity index (χ3v) is 4.49. The zero-order valence-corrected chi connectivity index (χ0v) is 12.2. The van der Waals surface area contributed by atoms with Gasteiger partial charge in [-0.2, -0.15) is 0 Å². The average molecular weight is 276 g/mol. The second kappa shape index (κ2) is 4.58. The van der Waals surface area contributed by atoms with Gasteiger partial charge in [-0.1, -0.05) is 45.1 Å². The Morgan fingerprint density at radius 3 is 2.55 bits per heavy atom. The Balaban J connectivity index is 2.54. The fourth-order valence-corrected chi connectivity index (χ4v) is 2.54. The summed E-state index contributed by atoms with van der Waals surface area (Å²) < 4.78 is 0. The molecule has 1 aliphatic carbocycles. The van der Waals surface area contributed by atoms with Crippen LogP contribution in [0.1, 0.15) is 27.7 Å². The summed E-state index contributed by atoms with van der Waals surface area (Å²) in [5.74, 6) is -1.29. The van der Waals surface area contributed by atoms with Crippen LogP contribution in [0.5, 0.6) is 0 Å². The minimum Gasteiger partial charge on any atom is -0.480 e. The molecule has 108 valence electrons. The van der Waals surface area contributed by atoms with E-state index in [1.54, 1.807) is 19.1 Å². The highest BCUT2D eigenvalue weighted by molar-refractivity contribution is 6.18. The number of carboxylic acids is 1. The highest BCUT2D eigenvalue weighted by Gasteiger charge is 2.53. The van der Waals surface area contributed by atoms with E-state index in [1.165, 1.54) is 0 Å². The van der Waals surface area contributed by atoms with Gasteiger partial charge in [-0.15, -0.1) is 0 Å². The minimum absolute atomic E-state index is 0.00994. The zero-order valence-electron chi connectivity index (χ0n) is 12.2. The number of carbonyl (C=O) groups is 2. The molecule has 0 fully saturated rings. The first-order chi connectivity index (χ1) is 9.25. The summed E-state index contributed by atoms with van der Waals surface area (Å²) in [4.78, 5) is 28.5. The number of rotatable bonds is 3.